The Bertz CT molecular complexity index is 696. The molecule has 0 bridgehead atoms. The lowest BCUT2D eigenvalue weighted by molar-refractivity contribution is 0.0943. The number of carbonyl (C=O) groups excluding carboxylic acids is 1. The molecule has 3 rings (SSSR count). The summed E-state index contributed by atoms with van der Waals surface area (Å²) in [7, 11) is 1.82. The number of anilines is 1. The van der Waals surface area contributed by atoms with Gasteiger partial charge in [-0.2, -0.15) is 0 Å². The molecule has 2 aromatic heterocycles. The first-order valence-corrected chi connectivity index (χ1v) is 8.85. The van der Waals surface area contributed by atoms with E-state index >= 15 is 0 Å². The largest absolute Gasteiger partial charge is 0.351 e. The molecule has 134 valence electrons. The van der Waals surface area contributed by atoms with Crippen molar-refractivity contribution in [3.63, 3.8) is 0 Å². The van der Waals surface area contributed by atoms with Gasteiger partial charge in [0.25, 0.3) is 5.91 Å². The van der Waals surface area contributed by atoms with Gasteiger partial charge in [0, 0.05) is 58.4 Å². The molecule has 1 saturated heterocycles. The second-order valence-corrected chi connectivity index (χ2v) is 6.58. The third-order valence-electron chi connectivity index (χ3n) is 4.35. The number of nitrogens with zero attached hydrogens (tertiary/aromatic N) is 5. The van der Waals surface area contributed by atoms with Gasteiger partial charge in [-0.15, -0.1) is 0 Å². The van der Waals surface area contributed by atoms with Crippen molar-refractivity contribution in [3.8, 4) is 0 Å². The second kappa shape index (κ2) is 8.31. The summed E-state index contributed by atoms with van der Waals surface area (Å²) >= 11 is 5.91. The smallest absolute Gasteiger partial charge is 0.267 e. The summed E-state index contributed by atoms with van der Waals surface area (Å²) in [6.07, 6.45) is 6.20. The molecular weight excluding hydrogens is 340 g/mol. The van der Waals surface area contributed by atoms with Crippen LogP contribution in [0.25, 0.3) is 0 Å². The average Bonchev–Trinajstić information content (AvgIpc) is 2.98. The van der Waals surface area contributed by atoms with Crippen molar-refractivity contribution in [2.24, 2.45) is 7.05 Å². The van der Waals surface area contributed by atoms with Crippen LogP contribution in [0.1, 0.15) is 16.9 Å². The number of carbonyl (C=O) groups is 1. The van der Waals surface area contributed by atoms with Crippen LogP contribution in [0.4, 0.5) is 5.95 Å². The van der Waals surface area contributed by atoms with Crippen molar-refractivity contribution in [3.05, 3.63) is 41.4 Å². The fourth-order valence-corrected chi connectivity index (χ4v) is 3.22. The topological polar surface area (TPSA) is 66.3 Å². The van der Waals surface area contributed by atoms with Crippen LogP contribution in [-0.2, 0) is 7.05 Å². The van der Waals surface area contributed by atoms with Crippen molar-refractivity contribution in [1.29, 1.82) is 0 Å². The molecule has 3 heterocycles. The number of rotatable bonds is 6. The van der Waals surface area contributed by atoms with Crippen molar-refractivity contribution < 1.29 is 4.79 Å². The number of aryl methyl sites for hydroxylation is 1. The first-order valence-electron chi connectivity index (χ1n) is 8.48. The van der Waals surface area contributed by atoms with Crippen LogP contribution in [0, 0.1) is 0 Å². The molecule has 1 aliphatic heterocycles. The highest BCUT2D eigenvalue weighted by atomic mass is 35.5. The number of nitrogens with one attached hydrogen (secondary N) is 1. The monoisotopic (exact) mass is 362 g/mol. The molecule has 1 N–H and O–H groups in total. The van der Waals surface area contributed by atoms with Crippen LogP contribution >= 0.6 is 11.6 Å². The normalized spacial score (nSPS) is 15.4. The van der Waals surface area contributed by atoms with Gasteiger partial charge in [-0.3, -0.25) is 9.69 Å². The summed E-state index contributed by atoms with van der Waals surface area (Å²) in [6.45, 7) is 5.46. The standard InChI is InChI=1S/C17H23ClN6O/c1-22-13-14(18)12-15(22)16(25)19-6-3-7-23-8-10-24(11-9-23)17-20-4-2-5-21-17/h2,4-5,12-13H,3,6-11H2,1H3,(H,19,25). The number of piperazine rings is 1. The second-order valence-electron chi connectivity index (χ2n) is 6.14. The van der Waals surface area contributed by atoms with Gasteiger partial charge in [-0.05, 0) is 25.1 Å². The van der Waals surface area contributed by atoms with Crippen LogP contribution in [-0.4, -0.2) is 64.6 Å². The maximum Gasteiger partial charge on any atom is 0.267 e. The van der Waals surface area contributed by atoms with Crippen LogP contribution in [0.2, 0.25) is 5.02 Å². The molecule has 8 heteroatoms. The zero-order valence-electron chi connectivity index (χ0n) is 14.4. The van der Waals surface area contributed by atoms with E-state index in [9.17, 15) is 4.79 Å². The predicted molar refractivity (Wildman–Crippen MR) is 98.1 cm³/mol. The average molecular weight is 363 g/mol. The van der Waals surface area contributed by atoms with Crippen molar-refractivity contribution in [2.45, 2.75) is 6.42 Å². The number of hydrogen-bond acceptors (Lipinski definition) is 5. The van der Waals surface area contributed by atoms with Gasteiger partial charge in [-0.25, -0.2) is 9.97 Å². The van der Waals surface area contributed by atoms with Gasteiger partial charge in [0.05, 0.1) is 5.02 Å². The molecule has 0 spiro atoms. The lowest BCUT2D eigenvalue weighted by Crippen LogP contribution is -2.47. The Morgan fingerprint density at radius 3 is 2.60 bits per heavy atom. The Morgan fingerprint density at radius 1 is 1.24 bits per heavy atom. The Labute approximate surface area is 152 Å². The van der Waals surface area contributed by atoms with E-state index in [0.717, 1.165) is 45.1 Å². The van der Waals surface area contributed by atoms with E-state index in [1.165, 1.54) is 0 Å². The summed E-state index contributed by atoms with van der Waals surface area (Å²) in [6, 6.07) is 3.51. The van der Waals surface area contributed by atoms with E-state index < -0.39 is 0 Å². The first-order chi connectivity index (χ1) is 12.1. The van der Waals surface area contributed by atoms with Gasteiger partial charge < -0.3 is 14.8 Å². The first kappa shape index (κ1) is 17.7. The third kappa shape index (κ3) is 4.70. The van der Waals surface area contributed by atoms with Crippen molar-refractivity contribution in [1.82, 2.24) is 24.8 Å². The van der Waals surface area contributed by atoms with E-state index in [0.29, 0.717) is 17.3 Å². The Balaban J connectivity index is 1.35. The van der Waals surface area contributed by atoms with Crippen molar-refractivity contribution >= 4 is 23.5 Å². The number of hydrogen-bond donors (Lipinski definition) is 1. The number of amides is 1. The van der Waals surface area contributed by atoms with Crippen molar-refractivity contribution in [2.75, 3.05) is 44.2 Å². The summed E-state index contributed by atoms with van der Waals surface area (Å²) in [5.74, 6) is 0.719. The van der Waals surface area contributed by atoms with Crippen LogP contribution in [0.5, 0.6) is 0 Å². The van der Waals surface area contributed by atoms with E-state index in [1.807, 2.05) is 13.1 Å². The molecule has 7 nitrogen and oxygen atoms in total. The summed E-state index contributed by atoms with van der Waals surface area (Å²) < 4.78 is 1.74. The van der Waals surface area contributed by atoms with E-state index in [2.05, 4.69) is 25.1 Å². The Morgan fingerprint density at radius 2 is 1.96 bits per heavy atom. The lowest BCUT2D eigenvalue weighted by Gasteiger charge is -2.34. The molecule has 0 aliphatic carbocycles. The zero-order chi connectivity index (χ0) is 17.6. The van der Waals surface area contributed by atoms with Crippen LogP contribution < -0.4 is 10.2 Å². The molecular formula is C17H23ClN6O. The fraction of sp³-hybridized carbons (Fsp3) is 0.471. The molecule has 0 unspecified atom stereocenters. The Kier molecular flexibility index (Phi) is 5.88. The fourth-order valence-electron chi connectivity index (χ4n) is 2.97. The molecule has 0 aromatic carbocycles. The maximum atomic E-state index is 12.1. The quantitative estimate of drug-likeness (QED) is 0.787. The number of aromatic nitrogens is 3. The predicted octanol–water partition coefficient (Wildman–Crippen LogP) is 1.41. The van der Waals surface area contributed by atoms with E-state index in [-0.39, 0.29) is 5.91 Å². The van der Waals surface area contributed by atoms with Gasteiger partial charge in [0.2, 0.25) is 5.95 Å². The highest BCUT2D eigenvalue weighted by molar-refractivity contribution is 6.31. The maximum absolute atomic E-state index is 12.1. The highest BCUT2D eigenvalue weighted by Crippen LogP contribution is 2.12. The molecule has 0 radical (unpaired) electrons. The summed E-state index contributed by atoms with van der Waals surface area (Å²) in [5, 5.41) is 3.53. The third-order valence-corrected chi connectivity index (χ3v) is 4.55. The molecule has 0 atom stereocenters. The zero-order valence-corrected chi connectivity index (χ0v) is 15.1. The molecule has 2 aromatic rings. The van der Waals surface area contributed by atoms with Gasteiger partial charge in [-0.1, -0.05) is 11.6 Å². The van der Waals surface area contributed by atoms with Crippen LogP contribution in [0.15, 0.2) is 30.7 Å². The minimum Gasteiger partial charge on any atom is -0.351 e. The summed E-state index contributed by atoms with van der Waals surface area (Å²) in [5.41, 5.74) is 0.585. The highest BCUT2D eigenvalue weighted by Gasteiger charge is 2.18. The Hall–Kier alpha value is -2.12. The van der Waals surface area contributed by atoms with Gasteiger partial charge in [0.15, 0.2) is 0 Å². The van der Waals surface area contributed by atoms with Gasteiger partial charge in [0.1, 0.15) is 5.69 Å². The summed E-state index contributed by atoms with van der Waals surface area (Å²) in [4.78, 5) is 25.3. The van der Waals surface area contributed by atoms with Crippen LogP contribution in [0.3, 0.4) is 0 Å². The minimum absolute atomic E-state index is 0.0829. The molecule has 1 aliphatic rings. The van der Waals surface area contributed by atoms with E-state index in [4.69, 9.17) is 11.6 Å². The number of halogens is 1. The SMILES string of the molecule is Cn1cc(Cl)cc1C(=O)NCCCN1CCN(c2ncccn2)CC1. The molecule has 25 heavy (non-hydrogen) atoms. The molecule has 1 fully saturated rings. The molecule has 0 saturated carbocycles. The lowest BCUT2D eigenvalue weighted by atomic mass is 10.3. The van der Waals surface area contributed by atoms with E-state index in [1.54, 1.807) is 29.2 Å². The van der Waals surface area contributed by atoms with Gasteiger partial charge >= 0.3 is 0 Å². The molecule has 1 amide bonds. The minimum atomic E-state index is -0.0829.